The lowest BCUT2D eigenvalue weighted by molar-refractivity contribution is -0.121. The summed E-state index contributed by atoms with van der Waals surface area (Å²) in [4.78, 5) is 18.0. The quantitative estimate of drug-likeness (QED) is 0.781. The van der Waals surface area contributed by atoms with Gasteiger partial charge in [0.15, 0.2) is 0 Å². The van der Waals surface area contributed by atoms with Gasteiger partial charge in [-0.15, -0.1) is 0 Å². The molecule has 0 fully saturated rings. The van der Waals surface area contributed by atoms with E-state index in [4.69, 9.17) is 0 Å². The zero-order valence-corrected chi connectivity index (χ0v) is 10.5. The molecule has 0 aromatic carbocycles. The standard InChI is InChI=1S/C13H20N2O/c1-10(2)9-15(13(16)11(3)4)12-6-5-7-14-8-12/h5-8,10-11H,9H2,1-4H3. The van der Waals surface area contributed by atoms with Crippen LogP contribution in [0.4, 0.5) is 5.69 Å². The van der Waals surface area contributed by atoms with Crippen LogP contribution in [0.3, 0.4) is 0 Å². The largest absolute Gasteiger partial charge is 0.310 e. The Balaban J connectivity index is 2.92. The van der Waals surface area contributed by atoms with Crippen molar-refractivity contribution in [3.8, 4) is 0 Å². The lowest BCUT2D eigenvalue weighted by Gasteiger charge is -2.26. The average Bonchev–Trinajstić information content (AvgIpc) is 2.26. The first kappa shape index (κ1) is 12.7. The Morgan fingerprint density at radius 1 is 1.38 bits per heavy atom. The molecule has 0 atom stereocenters. The predicted octanol–water partition coefficient (Wildman–Crippen LogP) is 2.73. The summed E-state index contributed by atoms with van der Waals surface area (Å²) in [7, 11) is 0. The summed E-state index contributed by atoms with van der Waals surface area (Å²) in [6.07, 6.45) is 3.46. The van der Waals surface area contributed by atoms with Crippen LogP contribution >= 0.6 is 0 Å². The summed E-state index contributed by atoms with van der Waals surface area (Å²) >= 11 is 0. The molecule has 3 nitrogen and oxygen atoms in total. The van der Waals surface area contributed by atoms with Crippen LogP contribution in [0.5, 0.6) is 0 Å². The van der Waals surface area contributed by atoms with E-state index in [9.17, 15) is 4.79 Å². The van der Waals surface area contributed by atoms with E-state index in [2.05, 4.69) is 18.8 Å². The van der Waals surface area contributed by atoms with Crippen molar-refractivity contribution in [2.75, 3.05) is 11.4 Å². The molecule has 3 heteroatoms. The van der Waals surface area contributed by atoms with Crippen molar-refractivity contribution in [2.45, 2.75) is 27.7 Å². The number of nitrogens with zero attached hydrogens (tertiary/aromatic N) is 2. The number of carbonyl (C=O) groups is 1. The maximum atomic E-state index is 12.1. The van der Waals surface area contributed by atoms with Gasteiger partial charge in [-0.05, 0) is 18.1 Å². The van der Waals surface area contributed by atoms with Crippen LogP contribution < -0.4 is 4.90 Å². The van der Waals surface area contributed by atoms with Crippen molar-refractivity contribution in [1.82, 2.24) is 4.98 Å². The third-order valence-corrected chi connectivity index (χ3v) is 2.27. The van der Waals surface area contributed by atoms with Gasteiger partial charge in [-0.25, -0.2) is 0 Å². The molecule has 0 radical (unpaired) electrons. The Morgan fingerprint density at radius 3 is 2.50 bits per heavy atom. The van der Waals surface area contributed by atoms with E-state index in [0.717, 1.165) is 12.2 Å². The van der Waals surface area contributed by atoms with Gasteiger partial charge in [-0.1, -0.05) is 27.7 Å². The molecule has 1 amide bonds. The molecular weight excluding hydrogens is 200 g/mol. The fraction of sp³-hybridized carbons (Fsp3) is 0.538. The van der Waals surface area contributed by atoms with E-state index >= 15 is 0 Å². The van der Waals surface area contributed by atoms with Crippen LogP contribution in [-0.2, 0) is 4.79 Å². The number of hydrogen-bond donors (Lipinski definition) is 0. The molecule has 1 rings (SSSR count). The maximum absolute atomic E-state index is 12.1. The first-order chi connectivity index (χ1) is 7.52. The molecule has 0 aliphatic heterocycles. The zero-order valence-electron chi connectivity index (χ0n) is 10.5. The van der Waals surface area contributed by atoms with Gasteiger partial charge in [0.1, 0.15) is 0 Å². The molecule has 1 heterocycles. The van der Waals surface area contributed by atoms with Gasteiger partial charge in [0.2, 0.25) is 5.91 Å². The molecule has 16 heavy (non-hydrogen) atoms. The second kappa shape index (κ2) is 5.64. The smallest absolute Gasteiger partial charge is 0.229 e. The van der Waals surface area contributed by atoms with Crippen LogP contribution in [-0.4, -0.2) is 17.4 Å². The van der Waals surface area contributed by atoms with Gasteiger partial charge in [-0.3, -0.25) is 9.78 Å². The van der Waals surface area contributed by atoms with Crippen LogP contribution in [0.2, 0.25) is 0 Å². The highest BCUT2D eigenvalue weighted by Gasteiger charge is 2.19. The topological polar surface area (TPSA) is 33.2 Å². The fourth-order valence-electron chi connectivity index (χ4n) is 1.51. The Morgan fingerprint density at radius 2 is 2.06 bits per heavy atom. The molecule has 0 spiro atoms. The highest BCUT2D eigenvalue weighted by atomic mass is 16.2. The lowest BCUT2D eigenvalue weighted by atomic mass is 10.1. The first-order valence-electron chi connectivity index (χ1n) is 5.73. The third kappa shape index (κ3) is 3.33. The van der Waals surface area contributed by atoms with Crippen LogP contribution in [0.25, 0.3) is 0 Å². The second-order valence-corrected chi connectivity index (χ2v) is 4.71. The number of anilines is 1. The predicted molar refractivity (Wildman–Crippen MR) is 66.3 cm³/mol. The minimum absolute atomic E-state index is 0.0129. The summed E-state index contributed by atoms with van der Waals surface area (Å²) in [5.74, 6) is 0.614. The number of rotatable bonds is 4. The molecule has 0 saturated heterocycles. The Kier molecular flexibility index (Phi) is 4.47. The molecule has 0 N–H and O–H groups in total. The van der Waals surface area contributed by atoms with E-state index in [1.54, 1.807) is 12.4 Å². The minimum Gasteiger partial charge on any atom is -0.310 e. The van der Waals surface area contributed by atoms with Crippen molar-refractivity contribution in [3.63, 3.8) is 0 Å². The molecule has 88 valence electrons. The van der Waals surface area contributed by atoms with E-state index in [-0.39, 0.29) is 11.8 Å². The normalized spacial score (nSPS) is 10.9. The first-order valence-corrected chi connectivity index (χ1v) is 5.73. The van der Waals surface area contributed by atoms with E-state index in [1.807, 2.05) is 30.9 Å². The summed E-state index contributed by atoms with van der Waals surface area (Å²) in [6.45, 7) is 8.80. The minimum atomic E-state index is 0.0129. The summed E-state index contributed by atoms with van der Waals surface area (Å²) < 4.78 is 0. The van der Waals surface area contributed by atoms with Crippen molar-refractivity contribution in [2.24, 2.45) is 11.8 Å². The number of hydrogen-bond acceptors (Lipinski definition) is 2. The van der Waals surface area contributed by atoms with Gasteiger partial charge in [0.25, 0.3) is 0 Å². The van der Waals surface area contributed by atoms with Crippen molar-refractivity contribution in [3.05, 3.63) is 24.5 Å². The molecule has 0 aliphatic carbocycles. The molecule has 0 unspecified atom stereocenters. The second-order valence-electron chi connectivity index (χ2n) is 4.71. The zero-order chi connectivity index (χ0) is 12.1. The molecule has 0 aliphatic rings. The van der Waals surface area contributed by atoms with Crippen LogP contribution in [0.1, 0.15) is 27.7 Å². The SMILES string of the molecule is CC(C)CN(C(=O)C(C)C)c1cccnc1. The number of aromatic nitrogens is 1. The fourth-order valence-corrected chi connectivity index (χ4v) is 1.51. The van der Waals surface area contributed by atoms with Crippen LogP contribution in [0.15, 0.2) is 24.5 Å². The Hall–Kier alpha value is -1.38. The molecule has 0 saturated carbocycles. The third-order valence-electron chi connectivity index (χ3n) is 2.27. The Labute approximate surface area is 97.5 Å². The monoisotopic (exact) mass is 220 g/mol. The lowest BCUT2D eigenvalue weighted by Crippen LogP contribution is -2.37. The van der Waals surface area contributed by atoms with E-state index < -0.39 is 0 Å². The van der Waals surface area contributed by atoms with E-state index in [0.29, 0.717) is 5.92 Å². The highest BCUT2D eigenvalue weighted by molar-refractivity contribution is 5.94. The summed E-state index contributed by atoms with van der Waals surface area (Å²) in [5, 5.41) is 0. The highest BCUT2D eigenvalue weighted by Crippen LogP contribution is 2.16. The van der Waals surface area contributed by atoms with Gasteiger partial charge >= 0.3 is 0 Å². The average molecular weight is 220 g/mol. The van der Waals surface area contributed by atoms with Crippen molar-refractivity contribution < 1.29 is 4.79 Å². The van der Waals surface area contributed by atoms with Gasteiger partial charge in [-0.2, -0.15) is 0 Å². The number of carbonyl (C=O) groups excluding carboxylic acids is 1. The number of pyridine rings is 1. The van der Waals surface area contributed by atoms with E-state index in [1.165, 1.54) is 0 Å². The van der Waals surface area contributed by atoms with Gasteiger partial charge < -0.3 is 4.90 Å². The molecule has 0 bridgehead atoms. The number of amides is 1. The molecule has 1 aromatic rings. The molecular formula is C13H20N2O. The van der Waals surface area contributed by atoms with Crippen LogP contribution in [0, 0.1) is 11.8 Å². The summed E-state index contributed by atoms with van der Waals surface area (Å²) in [6, 6.07) is 3.78. The van der Waals surface area contributed by atoms with Gasteiger partial charge in [0.05, 0.1) is 11.9 Å². The maximum Gasteiger partial charge on any atom is 0.229 e. The van der Waals surface area contributed by atoms with Gasteiger partial charge in [0, 0.05) is 18.7 Å². The molecule has 1 aromatic heterocycles. The Bertz CT molecular complexity index is 333. The van der Waals surface area contributed by atoms with Crippen molar-refractivity contribution in [1.29, 1.82) is 0 Å². The summed E-state index contributed by atoms with van der Waals surface area (Å²) in [5.41, 5.74) is 0.884. The van der Waals surface area contributed by atoms with Crippen molar-refractivity contribution >= 4 is 11.6 Å².